The van der Waals surface area contributed by atoms with Crippen LogP contribution in [-0.4, -0.2) is 81.4 Å². The topological polar surface area (TPSA) is 105 Å². The third-order valence-electron chi connectivity index (χ3n) is 6.62. The van der Waals surface area contributed by atoms with Crippen LogP contribution in [0.25, 0.3) is 11.4 Å². The van der Waals surface area contributed by atoms with E-state index in [-0.39, 0.29) is 5.78 Å². The zero-order valence-corrected chi connectivity index (χ0v) is 24.5. The van der Waals surface area contributed by atoms with E-state index >= 15 is 0 Å². The first-order valence-corrected chi connectivity index (χ1v) is 13.3. The normalized spacial score (nSPS) is 11.9. The standard InChI is InChI=1S/C29H36FN9O2/c1-8-25(40)22-14-33-26(39(6)27-15-31-20(13-32-27)17-36(3)16-19(2)30)12-24(22)38(5)23-11-9-10-21(28(23)41-7)29-34-18-37(4)35-29/h9-15,18-19H,8,16-17H2,1-7H3. The summed E-state index contributed by atoms with van der Waals surface area (Å²) in [5.41, 5.74) is 3.34. The number of anilines is 4. The monoisotopic (exact) mass is 561 g/mol. The van der Waals surface area contributed by atoms with E-state index in [0.29, 0.717) is 54.0 Å². The number of halogens is 1. The molecule has 216 valence electrons. The Kier molecular flexibility index (Phi) is 9.23. The highest BCUT2D eigenvalue weighted by Gasteiger charge is 2.23. The van der Waals surface area contributed by atoms with Gasteiger partial charge in [0.05, 0.1) is 47.7 Å². The highest BCUT2D eigenvalue weighted by Crippen LogP contribution is 2.41. The summed E-state index contributed by atoms with van der Waals surface area (Å²) in [7, 11) is 8.96. The molecule has 3 heterocycles. The maximum atomic E-state index is 13.3. The van der Waals surface area contributed by atoms with Crippen molar-refractivity contribution in [3.8, 4) is 17.1 Å². The van der Waals surface area contributed by atoms with Gasteiger partial charge in [-0.3, -0.25) is 19.4 Å². The number of para-hydroxylation sites is 1. The lowest BCUT2D eigenvalue weighted by molar-refractivity contribution is 0.0988. The van der Waals surface area contributed by atoms with Crippen LogP contribution in [0.2, 0.25) is 0 Å². The highest BCUT2D eigenvalue weighted by atomic mass is 19.1. The number of rotatable bonds is 12. The molecular formula is C29H36FN9O2. The van der Waals surface area contributed by atoms with Gasteiger partial charge in [-0.15, -0.1) is 0 Å². The van der Waals surface area contributed by atoms with Gasteiger partial charge in [-0.05, 0) is 26.1 Å². The predicted molar refractivity (Wildman–Crippen MR) is 157 cm³/mol. The lowest BCUT2D eigenvalue weighted by Crippen LogP contribution is -2.25. The molecule has 0 saturated carbocycles. The van der Waals surface area contributed by atoms with E-state index in [1.54, 1.807) is 48.7 Å². The Hall–Kier alpha value is -4.45. The fourth-order valence-corrected chi connectivity index (χ4v) is 4.56. The fraction of sp³-hybridized carbons (Fsp3) is 0.379. The molecule has 0 aliphatic rings. The lowest BCUT2D eigenvalue weighted by Gasteiger charge is -2.26. The van der Waals surface area contributed by atoms with Crippen molar-refractivity contribution < 1.29 is 13.9 Å². The number of ether oxygens (including phenoxy) is 1. The maximum absolute atomic E-state index is 13.3. The van der Waals surface area contributed by atoms with E-state index in [2.05, 4.69) is 25.0 Å². The Labute approximate surface area is 239 Å². The van der Waals surface area contributed by atoms with Gasteiger partial charge in [0.1, 0.15) is 18.3 Å². The van der Waals surface area contributed by atoms with Crippen molar-refractivity contribution >= 4 is 28.8 Å². The molecule has 1 aromatic carbocycles. The quantitative estimate of drug-likeness (QED) is 0.228. The van der Waals surface area contributed by atoms with Crippen LogP contribution in [0.1, 0.15) is 36.3 Å². The Bertz CT molecular complexity index is 1490. The zero-order valence-electron chi connectivity index (χ0n) is 24.5. The van der Waals surface area contributed by atoms with Crippen LogP contribution in [0.4, 0.5) is 27.4 Å². The molecule has 0 aliphatic heterocycles. The van der Waals surface area contributed by atoms with Gasteiger partial charge in [-0.25, -0.2) is 19.3 Å². The largest absolute Gasteiger partial charge is 0.494 e. The van der Waals surface area contributed by atoms with Crippen molar-refractivity contribution in [2.75, 3.05) is 44.6 Å². The molecule has 0 spiro atoms. The summed E-state index contributed by atoms with van der Waals surface area (Å²) < 4.78 is 20.8. The Morgan fingerprint density at radius 1 is 1.02 bits per heavy atom. The summed E-state index contributed by atoms with van der Waals surface area (Å²) in [6, 6.07) is 7.56. The molecule has 0 bridgehead atoms. The summed E-state index contributed by atoms with van der Waals surface area (Å²) in [6.07, 6.45) is 5.96. The van der Waals surface area contributed by atoms with E-state index in [9.17, 15) is 9.18 Å². The number of aryl methyl sites for hydroxylation is 1. The minimum atomic E-state index is -0.923. The minimum absolute atomic E-state index is 0.0362. The van der Waals surface area contributed by atoms with Gasteiger partial charge in [-0.1, -0.05) is 13.0 Å². The van der Waals surface area contributed by atoms with Gasteiger partial charge in [0.25, 0.3) is 0 Å². The second-order valence-corrected chi connectivity index (χ2v) is 9.90. The van der Waals surface area contributed by atoms with Crippen LogP contribution < -0.4 is 14.5 Å². The molecule has 1 unspecified atom stereocenters. The van der Waals surface area contributed by atoms with Crippen molar-refractivity contribution in [3.63, 3.8) is 0 Å². The number of carbonyl (C=O) groups excluding carboxylic acids is 1. The van der Waals surface area contributed by atoms with Gasteiger partial charge in [0.15, 0.2) is 23.2 Å². The number of methoxy groups -OCH3 is 1. The summed E-state index contributed by atoms with van der Waals surface area (Å²) in [5.74, 6) is 2.23. The van der Waals surface area contributed by atoms with Crippen LogP contribution in [-0.2, 0) is 13.6 Å². The second kappa shape index (κ2) is 12.8. The number of alkyl halides is 1. The van der Waals surface area contributed by atoms with Crippen LogP contribution in [0.5, 0.6) is 5.75 Å². The van der Waals surface area contributed by atoms with Gasteiger partial charge in [0, 0.05) is 52.9 Å². The van der Waals surface area contributed by atoms with Crippen molar-refractivity contribution in [3.05, 3.63) is 60.4 Å². The first kappa shape index (κ1) is 29.5. The van der Waals surface area contributed by atoms with Crippen LogP contribution >= 0.6 is 0 Å². The number of nitrogens with zero attached hydrogens (tertiary/aromatic N) is 9. The number of Topliss-reactive ketones (excluding diaryl/α,β-unsaturated/α-hetero) is 1. The summed E-state index contributed by atoms with van der Waals surface area (Å²) in [6.45, 7) is 4.16. The van der Waals surface area contributed by atoms with E-state index in [0.717, 1.165) is 16.9 Å². The molecule has 0 fully saturated rings. The van der Waals surface area contributed by atoms with E-state index < -0.39 is 6.17 Å². The van der Waals surface area contributed by atoms with Gasteiger partial charge in [0.2, 0.25) is 0 Å². The molecule has 1 atom stereocenters. The number of hydrogen-bond donors (Lipinski definition) is 0. The average Bonchev–Trinajstić information content (AvgIpc) is 3.41. The van der Waals surface area contributed by atoms with Gasteiger partial charge in [-0.2, -0.15) is 5.10 Å². The molecule has 0 radical (unpaired) electrons. The molecule has 4 aromatic rings. The highest BCUT2D eigenvalue weighted by molar-refractivity contribution is 6.02. The smallest absolute Gasteiger partial charge is 0.184 e. The summed E-state index contributed by atoms with van der Waals surface area (Å²) in [5, 5.41) is 4.43. The number of hydrogen-bond acceptors (Lipinski definition) is 10. The lowest BCUT2D eigenvalue weighted by atomic mass is 10.1. The van der Waals surface area contributed by atoms with E-state index in [1.165, 1.54) is 6.92 Å². The zero-order chi connectivity index (χ0) is 29.7. The second-order valence-electron chi connectivity index (χ2n) is 9.90. The summed E-state index contributed by atoms with van der Waals surface area (Å²) in [4.78, 5) is 36.6. The molecule has 11 nitrogen and oxygen atoms in total. The number of aromatic nitrogens is 6. The van der Waals surface area contributed by atoms with E-state index in [1.807, 2.05) is 62.1 Å². The van der Waals surface area contributed by atoms with Crippen molar-refractivity contribution in [1.29, 1.82) is 0 Å². The summed E-state index contributed by atoms with van der Waals surface area (Å²) >= 11 is 0. The fourth-order valence-electron chi connectivity index (χ4n) is 4.56. The van der Waals surface area contributed by atoms with Gasteiger partial charge >= 0.3 is 0 Å². The predicted octanol–water partition coefficient (Wildman–Crippen LogP) is 4.59. The average molecular weight is 562 g/mol. The Balaban J connectivity index is 1.69. The maximum Gasteiger partial charge on any atom is 0.184 e. The van der Waals surface area contributed by atoms with Gasteiger partial charge < -0.3 is 14.5 Å². The van der Waals surface area contributed by atoms with Crippen LogP contribution in [0.3, 0.4) is 0 Å². The molecule has 12 heteroatoms. The Morgan fingerprint density at radius 3 is 2.39 bits per heavy atom. The van der Waals surface area contributed by atoms with Crippen LogP contribution in [0.15, 0.2) is 49.2 Å². The molecule has 0 amide bonds. The number of ketones is 1. The molecule has 3 aromatic heterocycles. The third-order valence-corrected chi connectivity index (χ3v) is 6.62. The molecule has 41 heavy (non-hydrogen) atoms. The third kappa shape index (κ3) is 6.65. The van der Waals surface area contributed by atoms with Crippen LogP contribution in [0, 0.1) is 0 Å². The molecule has 0 aliphatic carbocycles. The molecular weight excluding hydrogens is 525 g/mol. The first-order valence-electron chi connectivity index (χ1n) is 13.3. The minimum Gasteiger partial charge on any atom is -0.494 e. The van der Waals surface area contributed by atoms with Crippen molar-refractivity contribution in [2.24, 2.45) is 7.05 Å². The first-order chi connectivity index (χ1) is 19.6. The van der Waals surface area contributed by atoms with Crippen molar-refractivity contribution in [1.82, 2.24) is 34.6 Å². The Morgan fingerprint density at radius 2 is 1.78 bits per heavy atom. The molecule has 0 saturated heterocycles. The SMILES string of the molecule is CCC(=O)c1cnc(N(C)c2cnc(CN(C)CC(C)F)cn2)cc1N(C)c1cccc(-c2ncn(C)n2)c1OC. The molecule has 4 rings (SSSR count). The van der Waals surface area contributed by atoms with Crippen molar-refractivity contribution in [2.45, 2.75) is 33.0 Å². The number of pyridine rings is 1. The number of benzene rings is 1. The molecule has 0 N–H and O–H groups in total. The number of carbonyl (C=O) groups is 1. The van der Waals surface area contributed by atoms with E-state index in [4.69, 9.17) is 4.74 Å².